The van der Waals surface area contributed by atoms with Crippen molar-refractivity contribution in [1.82, 2.24) is 4.98 Å². The molecule has 104 valence electrons. The third-order valence-electron chi connectivity index (χ3n) is 3.72. The van der Waals surface area contributed by atoms with Gasteiger partial charge in [0.25, 0.3) is 0 Å². The number of hydrogen-bond donors (Lipinski definition) is 0. The van der Waals surface area contributed by atoms with E-state index in [9.17, 15) is 0 Å². The summed E-state index contributed by atoms with van der Waals surface area (Å²) in [5, 5.41) is 0. The Morgan fingerprint density at radius 1 is 0.619 bits per heavy atom. The predicted molar refractivity (Wildman–Crippen MR) is 88.1 cm³/mol. The molecule has 0 aliphatic rings. The van der Waals surface area contributed by atoms with Gasteiger partial charge >= 0.3 is 0 Å². The van der Waals surface area contributed by atoms with E-state index >= 15 is 0 Å². The van der Waals surface area contributed by atoms with Gasteiger partial charge in [-0.1, -0.05) is 60.7 Å². The van der Waals surface area contributed by atoms with Gasteiger partial charge < -0.3 is 0 Å². The highest BCUT2D eigenvalue weighted by atomic mass is 14.6. The van der Waals surface area contributed by atoms with Crippen molar-refractivity contribution in [3.8, 4) is 11.1 Å². The summed E-state index contributed by atoms with van der Waals surface area (Å²) < 4.78 is 0. The van der Waals surface area contributed by atoms with E-state index in [1.807, 2.05) is 12.3 Å². The number of aryl methyl sites for hydroxylation is 2. The topological polar surface area (TPSA) is 12.9 Å². The molecule has 1 nitrogen and oxygen atoms in total. The largest absolute Gasteiger partial charge is 0.264 e. The van der Waals surface area contributed by atoms with Gasteiger partial charge in [-0.25, -0.2) is 0 Å². The van der Waals surface area contributed by atoms with Crippen molar-refractivity contribution < 1.29 is 0 Å². The summed E-state index contributed by atoms with van der Waals surface area (Å²) >= 11 is 0. The molecule has 0 amide bonds. The number of nitrogens with zero attached hydrogens (tertiary/aromatic N) is 1. The van der Waals surface area contributed by atoms with Gasteiger partial charge in [-0.3, -0.25) is 4.98 Å². The van der Waals surface area contributed by atoms with E-state index < -0.39 is 0 Å². The molecule has 21 heavy (non-hydrogen) atoms. The average molecular weight is 273 g/mol. The molecule has 0 fully saturated rings. The zero-order chi connectivity index (χ0) is 14.3. The molecule has 0 N–H and O–H groups in total. The van der Waals surface area contributed by atoms with Gasteiger partial charge in [0.1, 0.15) is 0 Å². The van der Waals surface area contributed by atoms with Crippen LogP contribution in [0.2, 0.25) is 0 Å². The molecule has 0 saturated carbocycles. The molecule has 1 aromatic heterocycles. The van der Waals surface area contributed by atoms with Gasteiger partial charge in [-0.05, 0) is 47.6 Å². The van der Waals surface area contributed by atoms with Crippen molar-refractivity contribution in [3.05, 3.63) is 90.3 Å². The lowest BCUT2D eigenvalue weighted by atomic mass is 10.0. The number of aromatic nitrogens is 1. The minimum absolute atomic E-state index is 1.13. The first-order valence-electron chi connectivity index (χ1n) is 7.45. The Balaban J connectivity index is 1.58. The second-order valence-corrected chi connectivity index (χ2v) is 5.28. The van der Waals surface area contributed by atoms with Gasteiger partial charge in [0.2, 0.25) is 0 Å². The maximum absolute atomic E-state index is 4.17. The highest BCUT2D eigenvalue weighted by Crippen LogP contribution is 2.19. The van der Waals surface area contributed by atoms with Crippen LogP contribution in [0.4, 0.5) is 0 Å². The average Bonchev–Trinajstić information content (AvgIpc) is 2.57. The highest BCUT2D eigenvalue weighted by molar-refractivity contribution is 5.62. The van der Waals surface area contributed by atoms with E-state index in [-0.39, 0.29) is 0 Å². The molecule has 3 aromatic rings. The van der Waals surface area contributed by atoms with E-state index in [1.54, 1.807) is 6.20 Å². The fourth-order valence-electron chi connectivity index (χ4n) is 2.54. The van der Waals surface area contributed by atoms with E-state index in [1.165, 1.54) is 28.7 Å². The standard InChI is InChI=1S/C20H19N/c1-2-6-17(7-3-1)8-4-9-18-11-13-19(14-12-18)20-10-5-15-21-16-20/h1-3,5-7,10-16H,4,8-9H2. The minimum Gasteiger partial charge on any atom is -0.264 e. The second-order valence-electron chi connectivity index (χ2n) is 5.28. The summed E-state index contributed by atoms with van der Waals surface area (Å²) in [4.78, 5) is 4.17. The molecule has 0 aliphatic heterocycles. The Morgan fingerprint density at radius 2 is 1.33 bits per heavy atom. The lowest BCUT2D eigenvalue weighted by Crippen LogP contribution is -1.90. The van der Waals surface area contributed by atoms with Gasteiger partial charge in [-0.2, -0.15) is 0 Å². The maximum Gasteiger partial charge on any atom is 0.0346 e. The van der Waals surface area contributed by atoms with Crippen LogP contribution in [0.3, 0.4) is 0 Å². The van der Waals surface area contributed by atoms with Gasteiger partial charge in [0, 0.05) is 12.4 Å². The fraction of sp³-hybridized carbons (Fsp3) is 0.150. The van der Waals surface area contributed by atoms with Crippen molar-refractivity contribution in [3.63, 3.8) is 0 Å². The zero-order valence-electron chi connectivity index (χ0n) is 12.1. The third kappa shape index (κ3) is 3.79. The van der Waals surface area contributed by atoms with E-state index in [0.717, 1.165) is 12.8 Å². The number of rotatable bonds is 5. The Labute approximate surface area is 126 Å². The predicted octanol–water partition coefficient (Wildman–Crippen LogP) is 4.92. The van der Waals surface area contributed by atoms with Crippen LogP contribution >= 0.6 is 0 Å². The molecule has 1 heterocycles. The number of pyridine rings is 1. The summed E-state index contributed by atoms with van der Waals surface area (Å²) in [5.74, 6) is 0. The van der Waals surface area contributed by atoms with Crippen molar-refractivity contribution in [2.75, 3.05) is 0 Å². The van der Waals surface area contributed by atoms with Crippen molar-refractivity contribution in [2.45, 2.75) is 19.3 Å². The zero-order valence-corrected chi connectivity index (χ0v) is 12.1. The third-order valence-corrected chi connectivity index (χ3v) is 3.72. The lowest BCUT2D eigenvalue weighted by molar-refractivity contribution is 0.821. The lowest BCUT2D eigenvalue weighted by Gasteiger charge is -2.05. The van der Waals surface area contributed by atoms with Crippen molar-refractivity contribution in [1.29, 1.82) is 0 Å². The molecule has 1 heteroatoms. The van der Waals surface area contributed by atoms with Crippen LogP contribution in [0.5, 0.6) is 0 Å². The molecule has 0 spiro atoms. The monoisotopic (exact) mass is 273 g/mol. The Bertz CT molecular complexity index is 657. The SMILES string of the molecule is c1ccc(CCCc2ccc(-c3cccnc3)cc2)cc1. The molecule has 0 aliphatic carbocycles. The summed E-state index contributed by atoms with van der Waals surface area (Å²) in [6.07, 6.45) is 7.18. The Kier molecular flexibility index (Phi) is 4.42. The van der Waals surface area contributed by atoms with Crippen LogP contribution in [0.1, 0.15) is 17.5 Å². The van der Waals surface area contributed by atoms with Crippen molar-refractivity contribution >= 4 is 0 Å². The Hall–Kier alpha value is -2.41. The normalized spacial score (nSPS) is 10.5. The van der Waals surface area contributed by atoms with Crippen LogP contribution in [-0.2, 0) is 12.8 Å². The first kappa shape index (κ1) is 13.6. The first-order valence-corrected chi connectivity index (χ1v) is 7.45. The molecular weight excluding hydrogens is 254 g/mol. The van der Waals surface area contributed by atoms with Gasteiger partial charge in [-0.15, -0.1) is 0 Å². The summed E-state index contributed by atoms with van der Waals surface area (Å²) in [6.45, 7) is 0. The molecular formula is C20H19N. The molecule has 2 aromatic carbocycles. The van der Waals surface area contributed by atoms with Crippen LogP contribution in [0, 0.1) is 0 Å². The molecule has 0 saturated heterocycles. The first-order chi connectivity index (χ1) is 10.4. The van der Waals surface area contributed by atoms with Gasteiger partial charge in [0.15, 0.2) is 0 Å². The molecule has 0 unspecified atom stereocenters. The van der Waals surface area contributed by atoms with Crippen LogP contribution < -0.4 is 0 Å². The van der Waals surface area contributed by atoms with Crippen molar-refractivity contribution in [2.24, 2.45) is 0 Å². The van der Waals surface area contributed by atoms with Gasteiger partial charge in [0.05, 0.1) is 0 Å². The molecule has 0 bridgehead atoms. The fourth-order valence-corrected chi connectivity index (χ4v) is 2.54. The molecule has 0 radical (unpaired) electrons. The maximum atomic E-state index is 4.17. The van der Waals surface area contributed by atoms with Crippen LogP contribution in [0.15, 0.2) is 79.1 Å². The van der Waals surface area contributed by atoms with Crippen LogP contribution in [-0.4, -0.2) is 4.98 Å². The smallest absolute Gasteiger partial charge is 0.0346 e. The van der Waals surface area contributed by atoms with E-state index in [2.05, 4.69) is 65.6 Å². The molecule has 0 atom stereocenters. The number of benzene rings is 2. The minimum atomic E-state index is 1.13. The quantitative estimate of drug-likeness (QED) is 0.642. The van der Waals surface area contributed by atoms with E-state index in [0.29, 0.717) is 0 Å². The number of hydrogen-bond acceptors (Lipinski definition) is 1. The summed E-state index contributed by atoms with van der Waals surface area (Å²) in [7, 11) is 0. The summed E-state index contributed by atoms with van der Waals surface area (Å²) in [6, 6.07) is 23.6. The highest BCUT2D eigenvalue weighted by Gasteiger charge is 1.99. The Morgan fingerprint density at radius 3 is 2.00 bits per heavy atom. The molecule has 3 rings (SSSR count). The second kappa shape index (κ2) is 6.85. The summed E-state index contributed by atoms with van der Waals surface area (Å²) in [5.41, 5.74) is 5.23. The van der Waals surface area contributed by atoms with Crippen LogP contribution in [0.25, 0.3) is 11.1 Å². The van der Waals surface area contributed by atoms with E-state index in [4.69, 9.17) is 0 Å².